The van der Waals surface area contributed by atoms with Gasteiger partial charge in [0.1, 0.15) is 0 Å². The van der Waals surface area contributed by atoms with Crippen LogP contribution in [0.5, 0.6) is 0 Å². The molecular formula is C15H17N3O. The second kappa shape index (κ2) is 4.88. The second-order valence-electron chi connectivity index (χ2n) is 5.10. The summed E-state index contributed by atoms with van der Waals surface area (Å²) in [6.45, 7) is 0. The van der Waals surface area contributed by atoms with Crippen LogP contribution in [-0.2, 0) is 18.3 Å². The number of hydrogen-bond donors (Lipinski definition) is 1. The maximum atomic E-state index is 11.7. The van der Waals surface area contributed by atoms with Gasteiger partial charge in [-0.15, -0.1) is 0 Å². The number of rotatable bonds is 3. The van der Waals surface area contributed by atoms with Crippen molar-refractivity contribution in [2.24, 2.45) is 7.05 Å². The van der Waals surface area contributed by atoms with Crippen LogP contribution in [0.2, 0.25) is 0 Å². The van der Waals surface area contributed by atoms with Crippen molar-refractivity contribution in [1.29, 1.82) is 0 Å². The molecule has 1 amide bonds. The monoisotopic (exact) mass is 255 g/mol. The molecule has 98 valence electrons. The zero-order valence-corrected chi connectivity index (χ0v) is 10.9. The van der Waals surface area contributed by atoms with Gasteiger partial charge in [0.2, 0.25) is 5.91 Å². The first-order valence-corrected chi connectivity index (χ1v) is 6.53. The van der Waals surface area contributed by atoms with E-state index in [0.29, 0.717) is 6.42 Å². The zero-order chi connectivity index (χ0) is 13.2. The van der Waals surface area contributed by atoms with Gasteiger partial charge >= 0.3 is 0 Å². The van der Waals surface area contributed by atoms with E-state index in [1.54, 1.807) is 6.33 Å². The number of aryl methyl sites for hydroxylation is 1. The fraction of sp³-hybridized carbons (Fsp3) is 0.333. The number of benzene rings is 1. The van der Waals surface area contributed by atoms with Gasteiger partial charge in [-0.2, -0.15) is 0 Å². The Morgan fingerprint density at radius 2 is 2.16 bits per heavy atom. The summed E-state index contributed by atoms with van der Waals surface area (Å²) >= 11 is 0. The summed E-state index contributed by atoms with van der Waals surface area (Å²) in [6.07, 6.45) is 5.07. The van der Waals surface area contributed by atoms with Crippen LogP contribution in [0.15, 0.2) is 42.9 Å². The largest absolute Gasteiger partial charge is 0.352 e. The normalized spacial score (nSPS) is 22.5. The summed E-state index contributed by atoms with van der Waals surface area (Å²) in [5.74, 6) is 0.340. The quantitative estimate of drug-likeness (QED) is 0.906. The second-order valence-corrected chi connectivity index (χ2v) is 5.10. The molecule has 3 rings (SSSR count). The molecule has 4 nitrogen and oxygen atoms in total. The highest BCUT2D eigenvalue weighted by atomic mass is 16.2. The molecule has 1 aliphatic rings. The zero-order valence-electron chi connectivity index (χ0n) is 10.9. The van der Waals surface area contributed by atoms with E-state index in [1.165, 1.54) is 5.56 Å². The van der Waals surface area contributed by atoms with E-state index in [9.17, 15) is 4.79 Å². The van der Waals surface area contributed by atoms with Crippen molar-refractivity contribution in [3.63, 3.8) is 0 Å². The summed E-state index contributed by atoms with van der Waals surface area (Å²) in [6, 6.07) is 10.4. The summed E-state index contributed by atoms with van der Waals surface area (Å²) < 4.78 is 2.00. The highest BCUT2D eigenvalue weighted by Crippen LogP contribution is 2.29. The number of nitrogens with one attached hydrogen (secondary N) is 1. The van der Waals surface area contributed by atoms with Gasteiger partial charge in [0.25, 0.3) is 0 Å². The number of nitrogens with zero attached hydrogens (tertiary/aromatic N) is 2. The Balaban J connectivity index is 1.83. The molecule has 2 unspecified atom stereocenters. The lowest BCUT2D eigenvalue weighted by Gasteiger charge is -2.19. The molecular weight excluding hydrogens is 238 g/mol. The first-order chi connectivity index (χ1) is 9.24. The highest BCUT2D eigenvalue weighted by molar-refractivity contribution is 5.80. The van der Waals surface area contributed by atoms with Crippen molar-refractivity contribution in [1.82, 2.24) is 14.9 Å². The molecule has 19 heavy (non-hydrogen) atoms. The molecule has 1 fully saturated rings. The lowest BCUT2D eigenvalue weighted by atomic mass is 9.92. The van der Waals surface area contributed by atoms with Crippen LogP contribution < -0.4 is 5.32 Å². The fourth-order valence-electron chi connectivity index (χ4n) is 2.81. The average molecular weight is 255 g/mol. The third-order valence-corrected chi connectivity index (χ3v) is 3.77. The van der Waals surface area contributed by atoms with Crippen molar-refractivity contribution >= 4 is 5.91 Å². The van der Waals surface area contributed by atoms with Crippen LogP contribution in [0.1, 0.15) is 23.6 Å². The molecule has 1 saturated heterocycles. The van der Waals surface area contributed by atoms with Crippen LogP contribution in [0.25, 0.3) is 0 Å². The molecule has 2 heterocycles. The number of aromatic nitrogens is 2. The van der Waals surface area contributed by atoms with Gasteiger partial charge in [-0.3, -0.25) is 4.79 Å². The van der Waals surface area contributed by atoms with Crippen molar-refractivity contribution in [3.05, 3.63) is 54.1 Å². The van der Waals surface area contributed by atoms with E-state index in [0.717, 1.165) is 12.1 Å². The van der Waals surface area contributed by atoms with Crippen LogP contribution in [0.3, 0.4) is 0 Å². The summed E-state index contributed by atoms with van der Waals surface area (Å²) in [7, 11) is 1.98. The van der Waals surface area contributed by atoms with Crippen molar-refractivity contribution in [2.75, 3.05) is 0 Å². The molecule has 1 N–H and O–H groups in total. The first-order valence-electron chi connectivity index (χ1n) is 6.53. The van der Waals surface area contributed by atoms with E-state index in [2.05, 4.69) is 22.4 Å². The molecule has 1 aromatic carbocycles. The van der Waals surface area contributed by atoms with Crippen LogP contribution in [0, 0.1) is 0 Å². The number of hydrogen-bond acceptors (Lipinski definition) is 2. The van der Waals surface area contributed by atoms with E-state index in [4.69, 9.17) is 0 Å². The molecule has 2 aromatic rings. The molecule has 0 aliphatic carbocycles. The number of amides is 1. The third-order valence-electron chi connectivity index (χ3n) is 3.77. The Labute approximate surface area is 112 Å². The Bertz CT molecular complexity index is 576. The Morgan fingerprint density at radius 1 is 1.37 bits per heavy atom. The van der Waals surface area contributed by atoms with Gasteiger partial charge < -0.3 is 9.88 Å². The molecule has 1 aliphatic heterocycles. The van der Waals surface area contributed by atoms with Gasteiger partial charge in [-0.25, -0.2) is 4.98 Å². The lowest BCUT2D eigenvalue weighted by molar-refractivity contribution is -0.119. The van der Waals surface area contributed by atoms with Gasteiger partial charge in [-0.05, 0) is 12.0 Å². The van der Waals surface area contributed by atoms with Gasteiger partial charge in [-0.1, -0.05) is 30.3 Å². The van der Waals surface area contributed by atoms with Gasteiger partial charge in [0.05, 0.1) is 6.33 Å². The van der Waals surface area contributed by atoms with Crippen LogP contribution in [-0.4, -0.2) is 21.5 Å². The Hall–Kier alpha value is -2.10. The number of imidazole rings is 1. The van der Waals surface area contributed by atoms with E-state index < -0.39 is 0 Å². The van der Waals surface area contributed by atoms with Crippen LogP contribution >= 0.6 is 0 Å². The SMILES string of the molecule is Cn1cncc1C1CC(=O)NC1Cc1ccccc1. The highest BCUT2D eigenvalue weighted by Gasteiger charge is 2.34. The van der Waals surface area contributed by atoms with Crippen molar-refractivity contribution in [3.8, 4) is 0 Å². The molecule has 1 aromatic heterocycles. The van der Waals surface area contributed by atoms with Gasteiger partial charge in [0, 0.05) is 37.3 Å². The molecule has 4 heteroatoms. The molecule has 2 atom stereocenters. The minimum Gasteiger partial charge on any atom is -0.352 e. The standard InChI is InChI=1S/C15H17N3O/c1-18-10-16-9-14(18)12-8-15(19)17-13(12)7-11-5-3-2-4-6-11/h2-6,9-10,12-13H,7-8H2,1H3,(H,17,19). The molecule has 0 spiro atoms. The molecule has 0 radical (unpaired) electrons. The number of carbonyl (C=O) groups excluding carboxylic acids is 1. The summed E-state index contributed by atoms with van der Waals surface area (Å²) in [5.41, 5.74) is 2.38. The topological polar surface area (TPSA) is 46.9 Å². The minimum atomic E-state index is 0.132. The fourth-order valence-corrected chi connectivity index (χ4v) is 2.81. The Morgan fingerprint density at radius 3 is 2.84 bits per heavy atom. The maximum absolute atomic E-state index is 11.7. The maximum Gasteiger partial charge on any atom is 0.220 e. The third kappa shape index (κ3) is 2.38. The molecule has 0 saturated carbocycles. The van der Waals surface area contributed by atoms with Crippen molar-refractivity contribution < 1.29 is 4.79 Å². The first kappa shape index (κ1) is 12.0. The summed E-state index contributed by atoms with van der Waals surface area (Å²) in [5, 5.41) is 3.09. The summed E-state index contributed by atoms with van der Waals surface area (Å²) in [4.78, 5) is 15.9. The van der Waals surface area contributed by atoms with Gasteiger partial charge in [0.15, 0.2) is 0 Å². The average Bonchev–Trinajstić information content (AvgIpc) is 2.97. The molecule has 0 bridgehead atoms. The predicted molar refractivity (Wildman–Crippen MR) is 72.6 cm³/mol. The van der Waals surface area contributed by atoms with E-state index in [-0.39, 0.29) is 17.9 Å². The lowest BCUT2D eigenvalue weighted by Crippen LogP contribution is -2.31. The predicted octanol–water partition coefficient (Wildman–Crippen LogP) is 1.63. The van der Waals surface area contributed by atoms with Crippen molar-refractivity contribution in [2.45, 2.75) is 24.8 Å². The van der Waals surface area contributed by atoms with E-state index in [1.807, 2.05) is 36.0 Å². The number of carbonyl (C=O) groups is 1. The van der Waals surface area contributed by atoms with E-state index >= 15 is 0 Å². The smallest absolute Gasteiger partial charge is 0.220 e. The van der Waals surface area contributed by atoms with Crippen LogP contribution in [0.4, 0.5) is 0 Å². The minimum absolute atomic E-state index is 0.132. The Kier molecular flexibility index (Phi) is 3.07.